The molecule has 2 N–H and O–H groups in total. The monoisotopic (exact) mass is 420 g/mol. The number of nitrogens with zero attached hydrogens (tertiary/aromatic N) is 2. The van der Waals surface area contributed by atoms with Gasteiger partial charge in [0.25, 0.3) is 11.8 Å². The Bertz CT molecular complexity index is 1060. The van der Waals surface area contributed by atoms with E-state index in [1.54, 1.807) is 24.3 Å². The SMILES string of the molecule is C[C@H](O)[C@H](C(=O)O)N1C(=O)[C@@H](N2C(=O)c3ccccc3C2=O)[C@H]1/C=C/c1ccccc1. The molecule has 2 heterocycles. The summed E-state index contributed by atoms with van der Waals surface area (Å²) in [7, 11) is 0. The minimum atomic E-state index is -1.51. The number of hydrogen-bond donors (Lipinski definition) is 2. The van der Waals surface area contributed by atoms with Crippen molar-refractivity contribution >= 4 is 29.8 Å². The van der Waals surface area contributed by atoms with Gasteiger partial charge in [-0.25, -0.2) is 4.79 Å². The van der Waals surface area contributed by atoms with Crippen molar-refractivity contribution in [3.63, 3.8) is 0 Å². The zero-order valence-corrected chi connectivity index (χ0v) is 16.6. The van der Waals surface area contributed by atoms with Crippen LogP contribution in [0.3, 0.4) is 0 Å². The van der Waals surface area contributed by atoms with Gasteiger partial charge in [-0.1, -0.05) is 54.6 Å². The smallest absolute Gasteiger partial charge is 0.329 e. The number of imide groups is 1. The van der Waals surface area contributed by atoms with Crippen LogP contribution < -0.4 is 0 Å². The first kappa shape index (κ1) is 20.5. The van der Waals surface area contributed by atoms with Crippen molar-refractivity contribution in [1.82, 2.24) is 9.80 Å². The number of carbonyl (C=O) groups excluding carboxylic acids is 3. The van der Waals surface area contributed by atoms with E-state index in [1.165, 1.54) is 19.1 Å². The fourth-order valence-corrected chi connectivity index (χ4v) is 4.09. The molecule has 8 nitrogen and oxygen atoms in total. The van der Waals surface area contributed by atoms with Crippen LogP contribution in [-0.2, 0) is 9.59 Å². The number of aliphatic carboxylic acids is 1. The molecule has 8 heteroatoms. The van der Waals surface area contributed by atoms with E-state index in [9.17, 15) is 29.4 Å². The highest BCUT2D eigenvalue weighted by molar-refractivity contribution is 6.23. The Labute approximate surface area is 178 Å². The van der Waals surface area contributed by atoms with Gasteiger partial charge in [-0.3, -0.25) is 19.3 Å². The molecule has 0 saturated carbocycles. The first-order valence-corrected chi connectivity index (χ1v) is 9.76. The Morgan fingerprint density at radius 1 is 0.968 bits per heavy atom. The lowest BCUT2D eigenvalue weighted by Gasteiger charge is -2.51. The number of fused-ring (bicyclic) bond motifs is 1. The molecule has 3 amide bonds. The molecule has 31 heavy (non-hydrogen) atoms. The maximum atomic E-state index is 13.0. The molecule has 0 bridgehead atoms. The maximum absolute atomic E-state index is 13.0. The second-order valence-corrected chi connectivity index (χ2v) is 7.50. The van der Waals surface area contributed by atoms with E-state index in [-0.39, 0.29) is 11.1 Å². The molecule has 2 aromatic rings. The van der Waals surface area contributed by atoms with Crippen LogP contribution >= 0.6 is 0 Å². The number of rotatable bonds is 6. The molecule has 158 valence electrons. The Kier molecular flexibility index (Phi) is 5.16. The third-order valence-electron chi connectivity index (χ3n) is 5.55. The third kappa shape index (κ3) is 3.30. The molecule has 2 aliphatic heterocycles. The topological polar surface area (TPSA) is 115 Å². The summed E-state index contributed by atoms with van der Waals surface area (Å²) in [6.07, 6.45) is 1.93. The lowest BCUT2D eigenvalue weighted by molar-refractivity contribution is -0.171. The second kappa shape index (κ2) is 7.81. The first-order chi connectivity index (χ1) is 14.8. The van der Waals surface area contributed by atoms with Crippen LogP contribution in [0.4, 0.5) is 0 Å². The summed E-state index contributed by atoms with van der Waals surface area (Å²) in [5.41, 5.74) is 1.21. The van der Waals surface area contributed by atoms with E-state index in [1.807, 2.05) is 30.3 Å². The predicted octanol–water partition coefficient (Wildman–Crippen LogP) is 1.41. The van der Waals surface area contributed by atoms with Crippen molar-refractivity contribution in [2.75, 3.05) is 0 Å². The van der Waals surface area contributed by atoms with Gasteiger partial charge in [-0.2, -0.15) is 0 Å². The molecule has 0 aliphatic carbocycles. The van der Waals surface area contributed by atoms with Crippen LogP contribution in [0.2, 0.25) is 0 Å². The number of likely N-dealkylation sites (tertiary alicyclic amines) is 1. The van der Waals surface area contributed by atoms with E-state index >= 15 is 0 Å². The molecule has 4 rings (SSSR count). The van der Waals surface area contributed by atoms with E-state index in [0.717, 1.165) is 15.4 Å². The molecule has 0 unspecified atom stereocenters. The normalized spacial score (nSPS) is 22.5. The minimum Gasteiger partial charge on any atom is -0.480 e. The van der Waals surface area contributed by atoms with Gasteiger partial charge in [-0.15, -0.1) is 0 Å². The number of aliphatic hydroxyl groups excluding tert-OH is 1. The number of hydrogen-bond acceptors (Lipinski definition) is 5. The molecule has 2 aliphatic rings. The fourth-order valence-electron chi connectivity index (χ4n) is 4.09. The highest BCUT2D eigenvalue weighted by Gasteiger charge is 2.58. The molecule has 1 saturated heterocycles. The number of benzene rings is 2. The van der Waals surface area contributed by atoms with Crippen LogP contribution in [-0.4, -0.2) is 67.9 Å². The van der Waals surface area contributed by atoms with E-state index in [4.69, 9.17) is 0 Å². The number of aliphatic hydroxyl groups is 1. The molecule has 4 atom stereocenters. The van der Waals surface area contributed by atoms with Crippen molar-refractivity contribution in [1.29, 1.82) is 0 Å². The van der Waals surface area contributed by atoms with Crippen LogP contribution in [0.15, 0.2) is 60.7 Å². The zero-order valence-electron chi connectivity index (χ0n) is 16.6. The Balaban J connectivity index is 1.72. The molecular weight excluding hydrogens is 400 g/mol. The molecule has 2 aromatic carbocycles. The van der Waals surface area contributed by atoms with Crippen LogP contribution in [0.1, 0.15) is 33.2 Å². The quantitative estimate of drug-likeness (QED) is 0.539. The van der Waals surface area contributed by atoms with Crippen molar-refractivity contribution in [2.45, 2.75) is 31.2 Å². The largest absolute Gasteiger partial charge is 0.480 e. The van der Waals surface area contributed by atoms with Gasteiger partial charge in [0.05, 0.1) is 23.3 Å². The van der Waals surface area contributed by atoms with Crippen molar-refractivity contribution in [3.8, 4) is 0 Å². The Hall–Kier alpha value is -3.78. The number of carboxylic acid groups (broad SMARTS) is 1. The average molecular weight is 420 g/mol. The molecule has 0 spiro atoms. The Morgan fingerprint density at radius 2 is 1.52 bits per heavy atom. The van der Waals surface area contributed by atoms with Crippen molar-refractivity contribution in [3.05, 3.63) is 77.4 Å². The summed E-state index contributed by atoms with van der Waals surface area (Å²) < 4.78 is 0. The maximum Gasteiger partial charge on any atom is 0.329 e. The summed E-state index contributed by atoms with van der Waals surface area (Å²) in [6.45, 7) is 1.28. The molecule has 0 radical (unpaired) electrons. The number of amides is 3. The highest BCUT2D eigenvalue weighted by Crippen LogP contribution is 2.35. The second-order valence-electron chi connectivity index (χ2n) is 7.50. The van der Waals surface area contributed by atoms with Gasteiger partial charge >= 0.3 is 5.97 Å². The standard InChI is InChI=1S/C23H20N2O6/c1-13(26)18(23(30)31)24-17(12-11-14-7-3-2-4-8-14)19(22(24)29)25-20(27)15-9-5-6-10-16(15)21(25)28/h2-13,17-19,26H,1H3,(H,30,31)/b12-11+/t13-,17+,18+,19-/m0/s1. The molecule has 1 fully saturated rings. The minimum absolute atomic E-state index is 0.204. The highest BCUT2D eigenvalue weighted by atomic mass is 16.4. The third-order valence-corrected chi connectivity index (χ3v) is 5.55. The van der Waals surface area contributed by atoms with Gasteiger partial charge in [0.1, 0.15) is 6.04 Å². The van der Waals surface area contributed by atoms with Gasteiger partial charge in [0, 0.05) is 0 Å². The summed E-state index contributed by atoms with van der Waals surface area (Å²) >= 11 is 0. The molecule has 0 aromatic heterocycles. The van der Waals surface area contributed by atoms with Gasteiger partial charge in [-0.05, 0) is 24.6 Å². The summed E-state index contributed by atoms with van der Waals surface area (Å²) in [4.78, 5) is 52.5. The zero-order chi connectivity index (χ0) is 22.3. The van der Waals surface area contributed by atoms with Crippen LogP contribution in [0.25, 0.3) is 6.08 Å². The number of β-lactam (4-membered cyclic amide) rings is 1. The lowest BCUT2D eigenvalue weighted by Crippen LogP contribution is -2.75. The van der Waals surface area contributed by atoms with Gasteiger partial charge in [0.2, 0.25) is 5.91 Å². The van der Waals surface area contributed by atoms with E-state index in [0.29, 0.717) is 0 Å². The average Bonchev–Trinajstić information content (AvgIpc) is 3.00. The lowest BCUT2D eigenvalue weighted by atomic mass is 9.88. The van der Waals surface area contributed by atoms with Crippen molar-refractivity contribution in [2.24, 2.45) is 0 Å². The van der Waals surface area contributed by atoms with Crippen molar-refractivity contribution < 1.29 is 29.4 Å². The summed E-state index contributed by atoms with van der Waals surface area (Å²) in [5, 5.41) is 19.6. The Morgan fingerprint density at radius 3 is 2.03 bits per heavy atom. The predicted molar refractivity (Wildman–Crippen MR) is 110 cm³/mol. The van der Waals surface area contributed by atoms with Gasteiger partial charge < -0.3 is 15.1 Å². The number of carbonyl (C=O) groups is 4. The molecular formula is C23H20N2O6. The summed E-state index contributed by atoms with van der Waals surface area (Å²) in [5.74, 6) is -3.27. The van der Waals surface area contributed by atoms with E-state index in [2.05, 4.69) is 0 Å². The van der Waals surface area contributed by atoms with E-state index < -0.39 is 47.9 Å². The fraction of sp³-hybridized carbons (Fsp3) is 0.217. The first-order valence-electron chi connectivity index (χ1n) is 9.76. The number of carboxylic acids is 1. The van der Waals surface area contributed by atoms with Gasteiger partial charge in [0.15, 0.2) is 6.04 Å². The van der Waals surface area contributed by atoms with Crippen LogP contribution in [0, 0.1) is 0 Å². The van der Waals surface area contributed by atoms with Crippen LogP contribution in [0.5, 0.6) is 0 Å². The summed E-state index contributed by atoms with van der Waals surface area (Å²) in [6, 6.07) is 11.8.